The molecule has 1 fully saturated rings. The molecular weight excluding hydrogens is 448 g/mol. The van der Waals surface area contributed by atoms with Crippen LogP contribution in [0.4, 0.5) is 17.2 Å². The van der Waals surface area contributed by atoms with E-state index >= 15 is 0 Å². The number of nitrogens with one attached hydrogen (secondary N) is 1. The number of ether oxygens (including phenoxy) is 3. The van der Waals surface area contributed by atoms with E-state index in [0.717, 1.165) is 16.8 Å². The quantitative estimate of drug-likeness (QED) is 0.352. The first kappa shape index (κ1) is 24.5. The minimum atomic E-state index is -0.473. The number of aryl methyl sites for hydroxylation is 1. The van der Waals surface area contributed by atoms with E-state index in [-0.39, 0.29) is 12.3 Å². The number of nitrogens with two attached hydrogens (primary N) is 1. The van der Waals surface area contributed by atoms with E-state index in [1.54, 1.807) is 20.1 Å². The fraction of sp³-hybridized carbons (Fsp3) is 0.400. The Morgan fingerprint density at radius 3 is 2.74 bits per heavy atom. The molecule has 2 aromatic heterocycles. The minimum Gasteiger partial charge on any atom is -0.461 e. The minimum absolute atomic E-state index is 0.252. The Morgan fingerprint density at radius 1 is 1.23 bits per heavy atom. The summed E-state index contributed by atoms with van der Waals surface area (Å²) in [5.41, 5.74) is 10.8. The Bertz CT molecular complexity index is 1170. The van der Waals surface area contributed by atoms with Crippen molar-refractivity contribution in [3.8, 4) is 17.1 Å². The van der Waals surface area contributed by atoms with Crippen LogP contribution in [-0.2, 0) is 14.2 Å². The summed E-state index contributed by atoms with van der Waals surface area (Å²) in [5.74, 6) is 0.491. The van der Waals surface area contributed by atoms with Gasteiger partial charge in [-0.2, -0.15) is 5.10 Å². The molecule has 0 atom stereocenters. The zero-order chi connectivity index (χ0) is 24.8. The second-order valence-electron chi connectivity index (χ2n) is 8.20. The lowest BCUT2D eigenvalue weighted by atomic mass is 10.1. The van der Waals surface area contributed by atoms with Gasteiger partial charge in [0.05, 0.1) is 43.5 Å². The molecule has 3 N–H and O–H groups in total. The second-order valence-corrected chi connectivity index (χ2v) is 8.20. The number of nitrogen functional groups attached to an aromatic ring is 1. The number of methoxy groups -OCH3 is 1. The standard InChI is InChI=1S/C25H32N6O4/c1-4-35-25(32)21-15-19(18-7-5-6-17(2)14-18)29-31(21)22-16-20(30-9-12-34-13-10-30)23(26)24(28-22)27-8-11-33-3/h5-7,14-16H,4,8-13,26H2,1-3H3,(H,27,28). The number of hydrogen-bond donors (Lipinski definition) is 2. The third-order valence-electron chi connectivity index (χ3n) is 5.70. The van der Waals surface area contributed by atoms with E-state index in [4.69, 9.17) is 30.0 Å². The predicted molar refractivity (Wildman–Crippen MR) is 135 cm³/mol. The van der Waals surface area contributed by atoms with Crippen molar-refractivity contribution in [2.24, 2.45) is 0 Å². The van der Waals surface area contributed by atoms with E-state index in [1.807, 2.05) is 37.3 Å². The molecule has 1 aliphatic rings. The number of nitrogens with zero attached hydrogens (tertiary/aromatic N) is 4. The summed E-state index contributed by atoms with van der Waals surface area (Å²) < 4.78 is 17.5. The molecule has 10 heteroatoms. The predicted octanol–water partition coefficient (Wildman–Crippen LogP) is 2.90. The van der Waals surface area contributed by atoms with E-state index in [0.29, 0.717) is 62.5 Å². The number of morpholine rings is 1. The van der Waals surface area contributed by atoms with Crippen LogP contribution >= 0.6 is 0 Å². The second kappa shape index (κ2) is 11.2. The van der Waals surface area contributed by atoms with Crippen LogP contribution in [0, 0.1) is 6.92 Å². The van der Waals surface area contributed by atoms with Gasteiger partial charge in [-0.3, -0.25) is 0 Å². The number of esters is 1. The normalized spacial score (nSPS) is 13.6. The van der Waals surface area contributed by atoms with Crippen molar-refractivity contribution in [3.63, 3.8) is 0 Å². The summed E-state index contributed by atoms with van der Waals surface area (Å²) in [4.78, 5) is 19.8. The van der Waals surface area contributed by atoms with Crippen LogP contribution in [0.2, 0.25) is 0 Å². The Balaban J connectivity index is 1.84. The average molecular weight is 481 g/mol. The van der Waals surface area contributed by atoms with Crippen molar-refractivity contribution in [3.05, 3.63) is 47.7 Å². The van der Waals surface area contributed by atoms with Gasteiger partial charge < -0.3 is 30.2 Å². The number of carbonyl (C=O) groups is 1. The number of carbonyl (C=O) groups excluding carboxylic acids is 1. The first-order chi connectivity index (χ1) is 17.0. The van der Waals surface area contributed by atoms with Gasteiger partial charge in [-0.15, -0.1) is 0 Å². The summed E-state index contributed by atoms with van der Waals surface area (Å²) in [5, 5.41) is 8.01. The Morgan fingerprint density at radius 2 is 2.03 bits per heavy atom. The smallest absolute Gasteiger partial charge is 0.357 e. The molecule has 0 radical (unpaired) electrons. The Hall–Kier alpha value is -3.63. The zero-order valence-electron chi connectivity index (χ0n) is 20.4. The van der Waals surface area contributed by atoms with Crippen LogP contribution < -0.4 is 16.0 Å². The molecule has 0 bridgehead atoms. The van der Waals surface area contributed by atoms with Gasteiger partial charge >= 0.3 is 5.97 Å². The van der Waals surface area contributed by atoms with Crippen LogP contribution in [0.1, 0.15) is 23.0 Å². The summed E-state index contributed by atoms with van der Waals surface area (Å²) >= 11 is 0. The highest BCUT2D eigenvalue weighted by Gasteiger charge is 2.23. The van der Waals surface area contributed by atoms with Crippen molar-refractivity contribution in [2.75, 3.05) is 69.1 Å². The van der Waals surface area contributed by atoms with Gasteiger partial charge in [0.15, 0.2) is 17.3 Å². The molecule has 186 valence electrons. The first-order valence-electron chi connectivity index (χ1n) is 11.7. The lowest BCUT2D eigenvalue weighted by Gasteiger charge is -2.30. The van der Waals surface area contributed by atoms with Gasteiger partial charge in [-0.25, -0.2) is 14.5 Å². The summed E-state index contributed by atoms with van der Waals surface area (Å²) in [7, 11) is 1.64. The van der Waals surface area contributed by atoms with Gasteiger partial charge in [0.1, 0.15) is 0 Å². The third-order valence-corrected chi connectivity index (χ3v) is 5.70. The molecular formula is C25H32N6O4. The maximum Gasteiger partial charge on any atom is 0.357 e. The van der Waals surface area contributed by atoms with Crippen molar-refractivity contribution in [2.45, 2.75) is 13.8 Å². The third kappa shape index (κ3) is 5.55. The molecule has 0 saturated carbocycles. The van der Waals surface area contributed by atoms with Gasteiger partial charge in [-0.1, -0.05) is 23.8 Å². The molecule has 1 aromatic carbocycles. The lowest BCUT2D eigenvalue weighted by Crippen LogP contribution is -2.37. The Labute approximate surface area is 205 Å². The van der Waals surface area contributed by atoms with Crippen molar-refractivity contribution in [1.29, 1.82) is 0 Å². The average Bonchev–Trinajstić information content (AvgIpc) is 3.32. The van der Waals surface area contributed by atoms with E-state index < -0.39 is 5.97 Å². The molecule has 35 heavy (non-hydrogen) atoms. The van der Waals surface area contributed by atoms with Crippen molar-refractivity contribution >= 4 is 23.2 Å². The maximum absolute atomic E-state index is 12.9. The van der Waals surface area contributed by atoms with E-state index in [9.17, 15) is 4.79 Å². The number of rotatable bonds is 9. The van der Waals surface area contributed by atoms with E-state index in [1.165, 1.54) is 4.68 Å². The van der Waals surface area contributed by atoms with Gasteiger partial charge in [0.2, 0.25) is 0 Å². The van der Waals surface area contributed by atoms with Gasteiger partial charge in [0.25, 0.3) is 0 Å². The maximum atomic E-state index is 12.9. The number of hydrogen-bond acceptors (Lipinski definition) is 9. The fourth-order valence-corrected chi connectivity index (χ4v) is 3.96. The van der Waals surface area contributed by atoms with Crippen LogP contribution in [0.5, 0.6) is 0 Å². The highest BCUT2D eigenvalue weighted by molar-refractivity contribution is 5.90. The van der Waals surface area contributed by atoms with Gasteiger partial charge in [-0.05, 0) is 26.0 Å². The number of anilines is 3. The molecule has 4 rings (SSSR count). The molecule has 3 aromatic rings. The molecule has 0 unspecified atom stereocenters. The topological polar surface area (TPSA) is 117 Å². The van der Waals surface area contributed by atoms with Crippen molar-refractivity contribution in [1.82, 2.24) is 14.8 Å². The largest absolute Gasteiger partial charge is 0.461 e. The van der Waals surface area contributed by atoms with Crippen LogP contribution in [0.25, 0.3) is 17.1 Å². The summed E-state index contributed by atoms with van der Waals surface area (Å²) in [6.07, 6.45) is 0. The molecule has 1 saturated heterocycles. The molecule has 0 spiro atoms. The number of benzene rings is 1. The van der Waals surface area contributed by atoms with Crippen molar-refractivity contribution < 1.29 is 19.0 Å². The molecule has 1 aliphatic heterocycles. The first-order valence-corrected chi connectivity index (χ1v) is 11.7. The van der Waals surface area contributed by atoms with E-state index in [2.05, 4.69) is 10.2 Å². The monoisotopic (exact) mass is 480 g/mol. The molecule has 10 nitrogen and oxygen atoms in total. The SMILES string of the molecule is CCOC(=O)c1cc(-c2cccc(C)c2)nn1-c1cc(N2CCOCC2)c(N)c(NCCOC)n1. The highest BCUT2D eigenvalue weighted by Crippen LogP contribution is 2.33. The fourth-order valence-electron chi connectivity index (χ4n) is 3.96. The highest BCUT2D eigenvalue weighted by atomic mass is 16.5. The summed E-state index contributed by atoms with van der Waals surface area (Å²) in [6.45, 7) is 7.67. The van der Waals surface area contributed by atoms with Crippen LogP contribution in [0.3, 0.4) is 0 Å². The van der Waals surface area contributed by atoms with Gasteiger partial charge in [0, 0.05) is 38.4 Å². The Kier molecular flexibility index (Phi) is 7.84. The number of pyridine rings is 1. The summed E-state index contributed by atoms with van der Waals surface area (Å²) in [6, 6.07) is 11.6. The van der Waals surface area contributed by atoms with Crippen LogP contribution in [0.15, 0.2) is 36.4 Å². The molecule has 3 heterocycles. The molecule has 0 aliphatic carbocycles. The lowest BCUT2D eigenvalue weighted by molar-refractivity contribution is 0.0515. The molecule has 0 amide bonds. The van der Waals surface area contributed by atoms with Crippen LogP contribution in [-0.4, -0.2) is 73.9 Å². The zero-order valence-corrected chi connectivity index (χ0v) is 20.4. The number of aromatic nitrogens is 3.